The van der Waals surface area contributed by atoms with Crippen LogP contribution in [0, 0.1) is 0 Å². The number of nitrogens with zero attached hydrogens (tertiary/aromatic N) is 5. The third-order valence-electron chi connectivity index (χ3n) is 2.76. The van der Waals surface area contributed by atoms with E-state index in [9.17, 15) is 0 Å². The highest BCUT2D eigenvalue weighted by Crippen LogP contribution is 2.23. The van der Waals surface area contributed by atoms with Crippen molar-refractivity contribution in [3.8, 4) is 11.5 Å². The molecule has 23 heavy (non-hydrogen) atoms. The van der Waals surface area contributed by atoms with E-state index in [0.717, 1.165) is 0 Å². The van der Waals surface area contributed by atoms with Gasteiger partial charge in [-0.3, -0.25) is 10.3 Å². The van der Waals surface area contributed by atoms with Gasteiger partial charge in [0.2, 0.25) is 0 Å². The summed E-state index contributed by atoms with van der Waals surface area (Å²) in [4.78, 5) is 16.3. The predicted molar refractivity (Wildman–Crippen MR) is 82.6 cm³/mol. The van der Waals surface area contributed by atoms with Crippen molar-refractivity contribution in [3.05, 3.63) is 47.6 Å². The van der Waals surface area contributed by atoms with Crippen LogP contribution in [0.25, 0.3) is 11.5 Å². The number of amidine groups is 1. The van der Waals surface area contributed by atoms with Gasteiger partial charge in [0.05, 0.1) is 11.2 Å². The number of aromatic nitrogens is 4. The second-order valence-electron chi connectivity index (χ2n) is 4.26. The Morgan fingerprint density at radius 1 is 1.17 bits per heavy atom. The minimum absolute atomic E-state index is 0.157. The van der Waals surface area contributed by atoms with Crippen molar-refractivity contribution in [2.45, 2.75) is 0 Å². The van der Waals surface area contributed by atoms with Crippen LogP contribution in [-0.2, 0) is 0 Å². The zero-order valence-corrected chi connectivity index (χ0v) is 12.3. The van der Waals surface area contributed by atoms with Gasteiger partial charge in [-0.1, -0.05) is 16.8 Å². The topological polar surface area (TPSA) is 135 Å². The molecule has 116 valence electrons. The molecule has 0 aliphatic carbocycles. The Kier molecular flexibility index (Phi) is 4.02. The van der Waals surface area contributed by atoms with Gasteiger partial charge in [0, 0.05) is 18.6 Å². The molecule has 0 aliphatic rings. The summed E-state index contributed by atoms with van der Waals surface area (Å²) in [6.45, 7) is 0. The van der Waals surface area contributed by atoms with E-state index in [1.165, 1.54) is 24.8 Å². The summed E-state index contributed by atoms with van der Waals surface area (Å²) < 4.78 is 5.54. The molecule has 0 atom stereocenters. The van der Waals surface area contributed by atoms with E-state index in [2.05, 4.69) is 30.4 Å². The van der Waals surface area contributed by atoms with E-state index in [1.54, 1.807) is 12.1 Å². The summed E-state index contributed by atoms with van der Waals surface area (Å²) in [5.41, 5.74) is 6.28. The lowest BCUT2D eigenvalue weighted by Crippen LogP contribution is -2.17. The first-order chi connectivity index (χ1) is 11.2. The molecule has 0 amide bonds. The number of nitrogens with one attached hydrogen (secondary N) is 1. The number of anilines is 2. The van der Waals surface area contributed by atoms with Gasteiger partial charge in [0.15, 0.2) is 23.1 Å². The average molecular weight is 332 g/mol. The average Bonchev–Trinajstić information content (AvgIpc) is 3.04. The standard InChI is InChI=1S/C13H10ClN7O2/c14-7-1-2-8(18-5-7)9-6-19-13(23-9)20-12-10(11(15)21-22)16-3-4-17-12/h1-6,22H,(H2,15,21)(H,17,19,20). The number of nitrogens with two attached hydrogens (primary N) is 1. The Bertz CT molecular complexity index is 848. The molecule has 0 radical (unpaired) electrons. The van der Waals surface area contributed by atoms with E-state index in [0.29, 0.717) is 16.5 Å². The molecule has 3 aromatic heterocycles. The number of oxime groups is 1. The Labute approximate surface area is 134 Å². The van der Waals surface area contributed by atoms with Crippen LogP contribution >= 0.6 is 11.6 Å². The Hall–Kier alpha value is -3.20. The molecule has 3 rings (SSSR count). The summed E-state index contributed by atoms with van der Waals surface area (Å²) in [6.07, 6.45) is 5.86. The van der Waals surface area contributed by atoms with Crippen molar-refractivity contribution >= 4 is 29.3 Å². The zero-order chi connectivity index (χ0) is 16.2. The molecule has 4 N–H and O–H groups in total. The Morgan fingerprint density at radius 2 is 2.00 bits per heavy atom. The van der Waals surface area contributed by atoms with E-state index < -0.39 is 0 Å². The molecule has 0 fully saturated rings. The number of hydrogen-bond donors (Lipinski definition) is 3. The second-order valence-corrected chi connectivity index (χ2v) is 4.69. The van der Waals surface area contributed by atoms with Gasteiger partial charge in [-0.05, 0) is 12.1 Å². The zero-order valence-electron chi connectivity index (χ0n) is 11.5. The summed E-state index contributed by atoms with van der Waals surface area (Å²) in [5.74, 6) is 0.491. The SMILES string of the molecule is NC(=NO)c1nccnc1Nc1ncc(-c2ccc(Cl)cn2)o1. The fourth-order valence-electron chi connectivity index (χ4n) is 1.74. The number of halogens is 1. The van der Waals surface area contributed by atoms with Crippen molar-refractivity contribution in [2.24, 2.45) is 10.9 Å². The molecule has 0 spiro atoms. The lowest BCUT2D eigenvalue weighted by molar-refractivity contribution is 0.318. The summed E-state index contributed by atoms with van der Waals surface area (Å²) >= 11 is 5.79. The normalized spacial score (nSPS) is 11.4. The number of oxazole rings is 1. The van der Waals surface area contributed by atoms with Gasteiger partial charge in [-0.2, -0.15) is 0 Å². The monoisotopic (exact) mass is 331 g/mol. The highest BCUT2D eigenvalue weighted by Gasteiger charge is 2.13. The molecule has 0 bridgehead atoms. The van der Waals surface area contributed by atoms with Crippen LogP contribution in [0.3, 0.4) is 0 Å². The molecule has 0 unspecified atom stereocenters. The highest BCUT2D eigenvalue weighted by atomic mass is 35.5. The number of rotatable bonds is 4. The maximum Gasteiger partial charge on any atom is 0.300 e. The lowest BCUT2D eigenvalue weighted by atomic mass is 10.3. The summed E-state index contributed by atoms with van der Waals surface area (Å²) in [6, 6.07) is 3.56. The first-order valence-electron chi connectivity index (χ1n) is 6.31. The minimum Gasteiger partial charge on any atom is -0.422 e. The molecule has 10 heteroatoms. The van der Waals surface area contributed by atoms with Crippen LogP contribution in [0.2, 0.25) is 5.02 Å². The molecule has 0 aliphatic heterocycles. The third-order valence-corrected chi connectivity index (χ3v) is 2.98. The van der Waals surface area contributed by atoms with Crippen LogP contribution < -0.4 is 11.1 Å². The first-order valence-corrected chi connectivity index (χ1v) is 6.69. The predicted octanol–water partition coefficient (Wildman–Crippen LogP) is 2.02. The molecule has 9 nitrogen and oxygen atoms in total. The van der Waals surface area contributed by atoms with E-state index >= 15 is 0 Å². The quantitative estimate of drug-likeness (QED) is 0.286. The smallest absolute Gasteiger partial charge is 0.300 e. The van der Waals surface area contributed by atoms with Crippen LogP contribution in [-0.4, -0.2) is 31.0 Å². The molecule has 0 saturated heterocycles. The molecule has 0 aromatic carbocycles. The van der Waals surface area contributed by atoms with Crippen LogP contribution in [0.5, 0.6) is 0 Å². The van der Waals surface area contributed by atoms with E-state index in [-0.39, 0.29) is 23.4 Å². The van der Waals surface area contributed by atoms with Crippen LogP contribution in [0.4, 0.5) is 11.8 Å². The maximum atomic E-state index is 8.76. The minimum atomic E-state index is -0.188. The highest BCUT2D eigenvalue weighted by molar-refractivity contribution is 6.30. The van der Waals surface area contributed by atoms with Crippen molar-refractivity contribution in [1.82, 2.24) is 19.9 Å². The number of pyridine rings is 1. The molecule has 0 saturated carbocycles. The third kappa shape index (κ3) is 3.19. The van der Waals surface area contributed by atoms with E-state index in [4.69, 9.17) is 27.0 Å². The van der Waals surface area contributed by atoms with Crippen molar-refractivity contribution in [3.63, 3.8) is 0 Å². The molecular formula is C13H10ClN7O2. The largest absolute Gasteiger partial charge is 0.422 e. The van der Waals surface area contributed by atoms with Crippen molar-refractivity contribution < 1.29 is 9.62 Å². The number of hydrogen-bond acceptors (Lipinski definition) is 8. The lowest BCUT2D eigenvalue weighted by Gasteiger charge is -2.05. The van der Waals surface area contributed by atoms with Crippen molar-refractivity contribution in [2.75, 3.05) is 5.32 Å². The maximum absolute atomic E-state index is 8.76. The van der Waals surface area contributed by atoms with Gasteiger partial charge in [0.1, 0.15) is 5.69 Å². The summed E-state index contributed by atoms with van der Waals surface area (Å²) in [5, 5.41) is 15.0. The van der Waals surface area contributed by atoms with Gasteiger partial charge < -0.3 is 15.4 Å². The van der Waals surface area contributed by atoms with E-state index in [1.807, 2.05) is 0 Å². The molecule has 3 heterocycles. The Morgan fingerprint density at radius 3 is 2.74 bits per heavy atom. The van der Waals surface area contributed by atoms with Crippen molar-refractivity contribution in [1.29, 1.82) is 0 Å². The fourth-order valence-corrected chi connectivity index (χ4v) is 1.85. The van der Waals surface area contributed by atoms with Crippen LogP contribution in [0.15, 0.2) is 46.5 Å². The fraction of sp³-hybridized carbons (Fsp3) is 0. The molecule has 3 aromatic rings. The molecular weight excluding hydrogens is 322 g/mol. The Balaban J connectivity index is 1.87. The first kappa shape index (κ1) is 14.7. The van der Waals surface area contributed by atoms with Gasteiger partial charge in [-0.15, -0.1) is 0 Å². The van der Waals surface area contributed by atoms with Gasteiger partial charge in [-0.25, -0.2) is 15.0 Å². The summed E-state index contributed by atoms with van der Waals surface area (Å²) in [7, 11) is 0. The van der Waals surface area contributed by atoms with Crippen LogP contribution in [0.1, 0.15) is 5.69 Å². The van der Waals surface area contributed by atoms with Gasteiger partial charge in [0.25, 0.3) is 0 Å². The second kappa shape index (κ2) is 6.28. The van der Waals surface area contributed by atoms with Gasteiger partial charge >= 0.3 is 6.01 Å².